The van der Waals surface area contributed by atoms with Gasteiger partial charge in [-0.2, -0.15) is 0 Å². The molecule has 0 spiro atoms. The first-order valence-corrected chi connectivity index (χ1v) is 8.19. The summed E-state index contributed by atoms with van der Waals surface area (Å²) in [5.41, 5.74) is 2.76. The summed E-state index contributed by atoms with van der Waals surface area (Å²) in [6, 6.07) is 14.6. The average Bonchev–Trinajstić information content (AvgIpc) is 2.75. The number of rotatable bonds is 4. The van der Waals surface area contributed by atoms with Gasteiger partial charge in [-0.1, -0.05) is 30.3 Å². The van der Waals surface area contributed by atoms with Crippen molar-refractivity contribution in [3.63, 3.8) is 0 Å². The highest BCUT2D eigenvalue weighted by molar-refractivity contribution is 5.90. The summed E-state index contributed by atoms with van der Waals surface area (Å²) in [7, 11) is 2.09. The van der Waals surface area contributed by atoms with Crippen LogP contribution in [0.5, 0.6) is 0 Å². The summed E-state index contributed by atoms with van der Waals surface area (Å²) in [6.45, 7) is 3.31. The lowest BCUT2D eigenvalue weighted by molar-refractivity contribution is -0.116. The second kappa shape index (κ2) is 7.45. The first kappa shape index (κ1) is 16.5. The number of hydrogen-bond donors (Lipinski definition) is 1. The van der Waals surface area contributed by atoms with E-state index in [0.29, 0.717) is 13.0 Å². The fraction of sp³-hybridized carbons (Fsp3) is 0.316. The third-order valence-electron chi connectivity index (χ3n) is 4.35. The Labute approximate surface area is 141 Å². The zero-order valence-corrected chi connectivity index (χ0v) is 13.8. The van der Waals surface area contributed by atoms with E-state index in [1.54, 1.807) is 18.2 Å². The summed E-state index contributed by atoms with van der Waals surface area (Å²) >= 11 is 0. The molecule has 0 radical (unpaired) electrons. The minimum Gasteiger partial charge on any atom is -0.373 e. The molecule has 126 valence electrons. The van der Waals surface area contributed by atoms with E-state index in [1.807, 2.05) is 12.1 Å². The number of para-hydroxylation sites is 2. The highest BCUT2D eigenvalue weighted by Gasteiger charge is 2.17. The summed E-state index contributed by atoms with van der Waals surface area (Å²) in [4.78, 5) is 16.6. The quantitative estimate of drug-likeness (QED) is 0.937. The van der Waals surface area contributed by atoms with Crippen LogP contribution in [0.3, 0.4) is 0 Å². The van der Waals surface area contributed by atoms with Crippen LogP contribution >= 0.6 is 0 Å². The number of anilines is 2. The lowest BCUT2D eigenvalue weighted by Gasteiger charge is -2.20. The van der Waals surface area contributed by atoms with E-state index in [9.17, 15) is 9.18 Å². The SMILES string of the molecule is CN1CCN(CCC(=O)Nc2ccccc2F)Cc2ccccc21. The van der Waals surface area contributed by atoms with Gasteiger partial charge in [0.05, 0.1) is 5.69 Å². The first-order chi connectivity index (χ1) is 11.6. The minimum atomic E-state index is -0.406. The largest absolute Gasteiger partial charge is 0.373 e. The molecule has 1 N–H and O–H groups in total. The standard InChI is InChI=1S/C19H22FN3O/c1-22-12-13-23(14-15-6-2-5-9-18(15)22)11-10-19(24)21-17-8-4-3-7-16(17)20/h2-9H,10-14H2,1H3,(H,21,24). The van der Waals surface area contributed by atoms with Gasteiger partial charge in [0.1, 0.15) is 5.82 Å². The lowest BCUT2D eigenvalue weighted by Crippen LogP contribution is -2.31. The van der Waals surface area contributed by atoms with E-state index in [4.69, 9.17) is 0 Å². The molecule has 2 aromatic rings. The topological polar surface area (TPSA) is 35.6 Å². The normalized spacial score (nSPS) is 14.8. The fourth-order valence-corrected chi connectivity index (χ4v) is 2.97. The molecule has 0 aromatic heterocycles. The van der Waals surface area contributed by atoms with Gasteiger partial charge in [-0.05, 0) is 23.8 Å². The second-order valence-corrected chi connectivity index (χ2v) is 6.10. The first-order valence-electron chi connectivity index (χ1n) is 8.19. The molecule has 3 rings (SSSR count). The Morgan fingerprint density at radius 1 is 1.12 bits per heavy atom. The fourth-order valence-electron chi connectivity index (χ4n) is 2.97. The van der Waals surface area contributed by atoms with Gasteiger partial charge in [-0.3, -0.25) is 9.69 Å². The number of carbonyl (C=O) groups excluding carboxylic acids is 1. The van der Waals surface area contributed by atoms with Crippen LogP contribution in [0, 0.1) is 5.82 Å². The van der Waals surface area contributed by atoms with Crippen molar-refractivity contribution in [1.29, 1.82) is 0 Å². The zero-order valence-electron chi connectivity index (χ0n) is 13.8. The Morgan fingerprint density at radius 2 is 1.88 bits per heavy atom. The van der Waals surface area contributed by atoms with Gasteiger partial charge in [-0.25, -0.2) is 4.39 Å². The van der Waals surface area contributed by atoms with Gasteiger partial charge in [0.2, 0.25) is 5.91 Å². The molecule has 1 amide bonds. The van der Waals surface area contributed by atoms with Gasteiger partial charge in [0, 0.05) is 45.3 Å². The molecule has 0 saturated heterocycles. The summed E-state index contributed by atoms with van der Waals surface area (Å²) in [5, 5.41) is 2.64. The number of amides is 1. The zero-order chi connectivity index (χ0) is 16.9. The Kier molecular flexibility index (Phi) is 5.11. The van der Waals surface area contributed by atoms with Crippen LogP contribution in [0.2, 0.25) is 0 Å². The number of carbonyl (C=O) groups is 1. The van der Waals surface area contributed by atoms with Crippen molar-refractivity contribution in [3.8, 4) is 0 Å². The molecule has 5 heteroatoms. The second-order valence-electron chi connectivity index (χ2n) is 6.10. The van der Waals surface area contributed by atoms with E-state index >= 15 is 0 Å². The Morgan fingerprint density at radius 3 is 2.71 bits per heavy atom. The maximum absolute atomic E-state index is 13.6. The van der Waals surface area contributed by atoms with Crippen molar-refractivity contribution in [3.05, 3.63) is 59.9 Å². The van der Waals surface area contributed by atoms with Crippen LogP contribution in [0.25, 0.3) is 0 Å². The van der Waals surface area contributed by atoms with Crippen LogP contribution in [0.15, 0.2) is 48.5 Å². The number of hydrogen-bond acceptors (Lipinski definition) is 3. The van der Waals surface area contributed by atoms with Crippen molar-refractivity contribution < 1.29 is 9.18 Å². The number of halogens is 1. The third-order valence-corrected chi connectivity index (χ3v) is 4.35. The number of likely N-dealkylation sites (N-methyl/N-ethyl adjacent to an activating group) is 1. The molecule has 0 fully saturated rings. The maximum Gasteiger partial charge on any atom is 0.225 e. The highest BCUT2D eigenvalue weighted by atomic mass is 19.1. The van der Waals surface area contributed by atoms with Crippen molar-refractivity contribution in [2.24, 2.45) is 0 Å². The molecule has 0 unspecified atom stereocenters. The molecule has 0 aliphatic carbocycles. The van der Waals surface area contributed by atoms with E-state index in [2.05, 4.69) is 34.3 Å². The smallest absolute Gasteiger partial charge is 0.225 e. The van der Waals surface area contributed by atoms with Crippen LogP contribution in [-0.2, 0) is 11.3 Å². The van der Waals surface area contributed by atoms with Gasteiger partial charge in [0.25, 0.3) is 0 Å². The van der Waals surface area contributed by atoms with Gasteiger partial charge < -0.3 is 10.2 Å². The van der Waals surface area contributed by atoms with Crippen molar-refractivity contribution in [2.45, 2.75) is 13.0 Å². The Bertz CT molecular complexity index is 719. The molecule has 0 saturated carbocycles. The van der Waals surface area contributed by atoms with Crippen LogP contribution in [0.4, 0.5) is 15.8 Å². The summed E-state index contributed by atoms with van der Waals surface area (Å²) < 4.78 is 13.6. The third kappa shape index (κ3) is 3.92. The predicted molar refractivity (Wildman–Crippen MR) is 94.6 cm³/mol. The minimum absolute atomic E-state index is 0.161. The van der Waals surface area contributed by atoms with E-state index in [0.717, 1.165) is 19.6 Å². The molecule has 1 aliphatic rings. The molecular formula is C19H22FN3O. The molecular weight excluding hydrogens is 305 g/mol. The van der Waals surface area contributed by atoms with Crippen LogP contribution in [0.1, 0.15) is 12.0 Å². The van der Waals surface area contributed by atoms with E-state index in [-0.39, 0.29) is 11.6 Å². The van der Waals surface area contributed by atoms with Crippen molar-refractivity contribution >= 4 is 17.3 Å². The maximum atomic E-state index is 13.6. The molecule has 1 aliphatic heterocycles. The molecule has 0 atom stereocenters. The molecule has 1 heterocycles. The predicted octanol–water partition coefficient (Wildman–Crippen LogP) is 3.11. The molecule has 0 bridgehead atoms. The Balaban J connectivity index is 1.57. The van der Waals surface area contributed by atoms with Crippen molar-refractivity contribution in [2.75, 3.05) is 36.9 Å². The van der Waals surface area contributed by atoms with Crippen LogP contribution in [-0.4, -0.2) is 37.5 Å². The number of nitrogens with one attached hydrogen (secondary N) is 1. The van der Waals surface area contributed by atoms with Gasteiger partial charge in [0.15, 0.2) is 0 Å². The monoisotopic (exact) mass is 327 g/mol. The van der Waals surface area contributed by atoms with Crippen LogP contribution < -0.4 is 10.2 Å². The number of benzene rings is 2. The van der Waals surface area contributed by atoms with Gasteiger partial charge in [-0.15, -0.1) is 0 Å². The average molecular weight is 327 g/mol. The summed E-state index contributed by atoms with van der Waals surface area (Å²) in [5.74, 6) is -0.567. The van der Waals surface area contributed by atoms with Gasteiger partial charge >= 0.3 is 0 Å². The van der Waals surface area contributed by atoms with Crippen molar-refractivity contribution in [1.82, 2.24) is 4.90 Å². The molecule has 24 heavy (non-hydrogen) atoms. The Hall–Kier alpha value is -2.40. The number of fused-ring (bicyclic) bond motifs is 1. The van der Waals surface area contributed by atoms with E-state index in [1.165, 1.54) is 17.3 Å². The number of nitrogens with zero attached hydrogens (tertiary/aromatic N) is 2. The highest BCUT2D eigenvalue weighted by Crippen LogP contribution is 2.23. The molecule has 2 aromatic carbocycles. The summed E-state index contributed by atoms with van der Waals surface area (Å²) in [6.07, 6.45) is 0.347. The van der Waals surface area contributed by atoms with E-state index < -0.39 is 5.82 Å². The lowest BCUT2D eigenvalue weighted by atomic mass is 10.1. The molecule has 4 nitrogen and oxygen atoms in total.